The Hall–Kier alpha value is -2.60. The molecular formula is C19H18ClNO5. The van der Waals surface area contributed by atoms with Crippen LogP contribution in [0.5, 0.6) is 0 Å². The number of hydrogen-bond donors (Lipinski definition) is 2. The van der Waals surface area contributed by atoms with Crippen molar-refractivity contribution in [1.82, 2.24) is 4.57 Å². The predicted molar refractivity (Wildman–Crippen MR) is 95.1 cm³/mol. The van der Waals surface area contributed by atoms with Crippen molar-refractivity contribution in [2.75, 3.05) is 0 Å². The molecule has 1 saturated carbocycles. The smallest absolute Gasteiger partial charge is 0.325 e. The summed E-state index contributed by atoms with van der Waals surface area (Å²) in [6, 6.07) is 10.7. The second-order valence-corrected chi connectivity index (χ2v) is 6.92. The number of ketones is 1. The van der Waals surface area contributed by atoms with Gasteiger partial charge < -0.3 is 14.8 Å². The first-order valence-corrected chi connectivity index (χ1v) is 8.68. The van der Waals surface area contributed by atoms with Gasteiger partial charge in [-0.1, -0.05) is 36.6 Å². The van der Waals surface area contributed by atoms with Crippen LogP contribution in [0.1, 0.15) is 25.7 Å². The zero-order valence-electron chi connectivity index (χ0n) is 13.9. The van der Waals surface area contributed by atoms with Crippen molar-refractivity contribution in [1.29, 1.82) is 0 Å². The number of carboxylic acid groups (broad SMARTS) is 2. The van der Waals surface area contributed by atoms with Crippen LogP contribution >= 0.6 is 11.6 Å². The molecule has 2 aromatic rings. The van der Waals surface area contributed by atoms with Gasteiger partial charge in [0.1, 0.15) is 5.54 Å². The fraction of sp³-hybridized carbons (Fsp3) is 0.316. The lowest BCUT2D eigenvalue weighted by atomic mass is 9.83. The third kappa shape index (κ3) is 3.01. The quantitative estimate of drug-likeness (QED) is 0.754. The average Bonchev–Trinajstić information content (AvgIpc) is 3.24. The number of aliphatic carboxylic acids is 2. The summed E-state index contributed by atoms with van der Waals surface area (Å²) in [6.07, 6.45) is 4.01. The van der Waals surface area contributed by atoms with Gasteiger partial charge in [-0.2, -0.15) is 0 Å². The third-order valence-corrected chi connectivity index (χ3v) is 5.25. The van der Waals surface area contributed by atoms with Gasteiger partial charge >= 0.3 is 11.9 Å². The molecule has 0 radical (unpaired) electrons. The van der Waals surface area contributed by atoms with Gasteiger partial charge in [0.15, 0.2) is 5.78 Å². The summed E-state index contributed by atoms with van der Waals surface area (Å²) >= 11 is 5.94. The Kier molecular flexibility index (Phi) is 4.87. The second-order valence-electron chi connectivity index (χ2n) is 6.48. The topological polar surface area (TPSA) is 96.6 Å². The van der Waals surface area contributed by atoms with E-state index in [1.54, 1.807) is 29.0 Å². The maximum Gasteiger partial charge on any atom is 0.325 e. The summed E-state index contributed by atoms with van der Waals surface area (Å²) < 4.78 is 1.74. The molecule has 0 atom stereocenters. The SMILES string of the molecule is O=C(O)C(C(=O)O)C(=O)C1(n2cccc2-c2ccc(Cl)cc2)CCCC1. The molecule has 136 valence electrons. The molecule has 6 nitrogen and oxygen atoms in total. The molecule has 1 aromatic heterocycles. The summed E-state index contributed by atoms with van der Waals surface area (Å²) in [6.45, 7) is 0. The minimum absolute atomic E-state index is 0.415. The number of nitrogens with zero attached hydrogens (tertiary/aromatic N) is 1. The molecule has 7 heteroatoms. The third-order valence-electron chi connectivity index (χ3n) is 5.00. The van der Waals surface area contributed by atoms with Crippen molar-refractivity contribution >= 4 is 29.3 Å². The van der Waals surface area contributed by atoms with Crippen LogP contribution in [0, 0.1) is 5.92 Å². The maximum absolute atomic E-state index is 13.1. The monoisotopic (exact) mass is 375 g/mol. The van der Waals surface area contributed by atoms with E-state index in [1.807, 2.05) is 18.2 Å². The van der Waals surface area contributed by atoms with Gasteiger partial charge in [0.25, 0.3) is 0 Å². The molecule has 2 N–H and O–H groups in total. The molecule has 1 heterocycles. The van der Waals surface area contributed by atoms with Gasteiger partial charge in [0.2, 0.25) is 5.92 Å². The van der Waals surface area contributed by atoms with E-state index < -0.39 is 29.2 Å². The fourth-order valence-corrected chi connectivity index (χ4v) is 3.90. The number of hydrogen-bond acceptors (Lipinski definition) is 3. The fourth-order valence-electron chi connectivity index (χ4n) is 3.77. The van der Waals surface area contributed by atoms with Crippen molar-refractivity contribution in [3.8, 4) is 11.3 Å². The molecular weight excluding hydrogens is 358 g/mol. The summed E-state index contributed by atoms with van der Waals surface area (Å²) in [4.78, 5) is 35.9. The van der Waals surface area contributed by atoms with Crippen LogP contribution in [0.2, 0.25) is 5.02 Å². The van der Waals surface area contributed by atoms with Crippen LogP contribution in [0.3, 0.4) is 0 Å². The number of halogens is 1. The van der Waals surface area contributed by atoms with Crippen molar-refractivity contribution in [3.05, 3.63) is 47.6 Å². The highest BCUT2D eigenvalue weighted by molar-refractivity contribution is 6.30. The number of Topliss-reactive ketones (excluding diaryl/α,β-unsaturated/α-hetero) is 1. The minimum atomic E-state index is -2.08. The molecule has 0 unspecified atom stereocenters. The average molecular weight is 376 g/mol. The zero-order valence-corrected chi connectivity index (χ0v) is 14.6. The van der Waals surface area contributed by atoms with E-state index in [9.17, 15) is 24.6 Å². The first-order chi connectivity index (χ1) is 12.4. The number of benzene rings is 1. The summed E-state index contributed by atoms with van der Waals surface area (Å²) in [7, 11) is 0. The van der Waals surface area contributed by atoms with Crippen molar-refractivity contribution in [2.24, 2.45) is 5.92 Å². The summed E-state index contributed by atoms with van der Waals surface area (Å²) in [5, 5.41) is 19.1. The molecule has 0 saturated heterocycles. The van der Waals surface area contributed by atoms with E-state index in [1.165, 1.54) is 0 Å². The largest absolute Gasteiger partial charge is 0.480 e. The molecule has 0 amide bonds. The lowest BCUT2D eigenvalue weighted by Crippen LogP contribution is -2.48. The van der Waals surface area contributed by atoms with E-state index in [2.05, 4.69) is 0 Å². The van der Waals surface area contributed by atoms with Gasteiger partial charge in [0.05, 0.1) is 0 Å². The molecule has 0 spiro atoms. The highest BCUT2D eigenvalue weighted by Gasteiger charge is 2.50. The highest BCUT2D eigenvalue weighted by atomic mass is 35.5. The van der Waals surface area contributed by atoms with E-state index >= 15 is 0 Å². The lowest BCUT2D eigenvalue weighted by molar-refractivity contribution is -0.160. The predicted octanol–water partition coefficient (Wildman–Crippen LogP) is 3.43. The molecule has 1 aromatic carbocycles. The highest BCUT2D eigenvalue weighted by Crippen LogP contribution is 2.42. The second kappa shape index (κ2) is 6.96. The molecule has 1 aliphatic carbocycles. The number of carbonyl (C=O) groups is 3. The van der Waals surface area contributed by atoms with Crippen LogP contribution in [0.25, 0.3) is 11.3 Å². The molecule has 1 aliphatic rings. The van der Waals surface area contributed by atoms with Gasteiger partial charge in [-0.3, -0.25) is 14.4 Å². The van der Waals surface area contributed by atoms with Gasteiger partial charge in [0, 0.05) is 16.9 Å². The Labute approximate surface area is 155 Å². The Morgan fingerprint density at radius 2 is 1.58 bits per heavy atom. The Morgan fingerprint density at radius 3 is 2.12 bits per heavy atom. The molecule has 26 heavy (non-hydrogen) atoms. The Morgan fingerprint density at radius 1 is 1.00 bits per heavy atom. The van der Waals surface area contributed by atoms with Crippen molar-refractivity contribution < 1.29 is 24.6 Å². The molecule has 1 fully saturated rings. The van der Waals surface area contributed by atoms with E-state index in [4.69, 9.17) is 11.6 Å². The van der Waals surface area contributed by atoms with Crippen LogP contribution in [0.15, 0.2) is 42.6 Å². The number of carbonyl (C=O) groups excluding carboxylic acids is 1. The van der Waals surface area contributed by atoms with Crippen molar-refractivity contribution in [3.63, 3.8) is 0 Å². The van der Waals surface area contributed by atoms with Gasteiger partial charge in [-0.25, -0.2) is 0 Å². The standard InChI is InChI=1S/C19H18ClNO5/c20-13-7-5-12(6-8-13)14-4-3-11-21(14)19(9-1-2-10-19)16(22)15(17(23)24)18(25)26/h3-8,11,15H,1-2,9-10H2,(H,23,24)(H,25,26). The summed E-state index contributed by atoms with van der Waals surface area (Å²) in [5.74, 6) is -6.11. The van der Waals surface area contributed by atoms with E-state index in [0.717, 1.165) is 24.1 Å². The van der Waals surface area contributed by atoms with E-state index in [-0.39, 0.29) is 0 Å². The van der Waals surface area contributed by atoms with Crippen LogP contribution in [0.4, 0.5) is 0 Å². The minimum Gasteiger partial charge on any atom is -0.480 e. The normalized spacial score (nSPS) is 15.9. The number of aromatic nitrogens is 1. The molecule has 0 aliphatic heterocycles. The number of rotatable bonds is 6. The maximum atomic E-state index is 13.1. The first kappa shape index (κ1) is 18.2. The van der Waals surface area contributed by atoms with Crippen LogP contribution < -0.4 is 0 Å². The summed E-state index contributed by atoms with van der Waals surface area (Å²) in [5.41, 5.74) is 0.382. The van der Waals surface area contributed by atoms with Crippen LogP contribution in [-0.4, -0.2) is 32.5 Å². The van der Waals surface area contributed by atoms with Gasteiger partial charge in [-0.05, 0) is 42.7 Å². The Balaban J connectivity index is 2.11. The zero-order chi connectivity index (χ0) is 18.9. The van der Waals surface area contributed by atoms with Crippen LogP contribution in [-0.2, 0) is 19.9 Å². The number of carboxylic acids is 2. The first-order valence-electron chi connectivity index (χ1n) is 8.30. The Bertz CT molecular complexity index is 835. The van der Waals surface area contributed by atoms with E-state index in [0.29, 0.717) is 17.9 Å². The molecule has 3 rings (SSSR count). The molecule has 0 bridgehead atoms. The van der Waals surface area contributed by atoms with Crippen molar-refractivity contribution in [2.45, 2.75) is 31.2 Å². The lowest BCUT2D eigenvalue weighted by Gasteiger charge is -2.33. The van der Waals surface area contributed by atoms with Gasteiger partial charge in [-0.15, -0.1) is 0 Å².